The summed E-state index contributed by atoms with van der Waals surface area (Å²) in [5.74, 6) is 0. The lowest BCUT2D eigenvalue weighted by atomic mass is 10.1. The van der Waals surface area contributed by atoms with Gasteiger partial charge < -0.3 is 9.84 Å². The predicted molar refractivity (Wildman–Crippen MR) is 89.4 cm³/mol. The molecule has 6 nitrogen and oxygen atoms in total. The summed E-state index contributed by atoms with van der Waals surface area (Å²) < 4.78 is 7.30. The number of aliphatic hydroxyl groups is 1. The highest BCUT2D eigenvalue weighted by Gasteiger charge is 2.37. The van der Waals surface area contributed by atoms with Gasteiger partial charge in [0.15, 0.2) is 0 Å². The Morgan fingerprint density at radius 2 is 2.13 bits per heavy atom. The van der Waals surface area contributed by atoms with Gasteiger partial charge in [0, 0.05) is 51.6 Å². The van der Waals surface area contributed by atoms with Gasteiger partial charge in [0.05, 0.1) is 12.3 Å². The SMILES string of the molecule is CN(CCCc1cnn(C)c1)[C@@H]1CN(C2CCOCC2)C[C@H]1O. The van der Waals surface area contributed by atoms with Crippen molar-refractivity contribution in [3.63, 3.8) is 0 Å². The first kappa shape index (κ1) is 16.9. The fourth-order valence-corrected chi connectivity index (χ4v) is 3.88. The normalized spacial score (nSPS) is 27.1. The van der Waals surface area contributed by atoms with Gasteiger partial charge in [-0.3, -0.25) is 14.5 Å². The van der Waals surface area contributed by atoms with Crippen molar-refractivity contribution in [1.29, 1.82) is 0 Å². The van der Waals surface area contributed by atoms with E-state index in [1.165, 1.54) is 5.56 Å². The van der Waals surface area contributed by atoms with Crippen molar-refractivity contribution in [2.75, 3.05) is 39.9 Å². The van der Waals surface area contributed by atoms with Gasteiger partial charge in [-0.05, 0) is 44.8 Å². The Kier molecular flexibility index (Phi) is 5.69. The van der Waals surface area contributed by atoms with E-state index in [4.69, 9.17) is 4.74 Å². The fraction of sp³-hybridized carbons (Fsp3) is 0.824. The molecular weight excluding hydrogens is 292 g/mol. The van der Waals surface area contributed by atoms with E-state index in [-0.39, 0.29) is 12.1 Å². The van der Waals surface area contributed by atoms with Crippen molar-refractivity contribution in [2.45, 2.75) is 43.9 Å². The zero-order valence-corrected chi connectivity index (χ0v) is 14.4. The summed E-state index contributed by atoms with van der Waals surface area (Å²) in [5.41, 5.74) is 1.29. The maximum absolute atomic E-state index is 10.5. The standard InChI is InChI=1S/C17H30N4O2/c1-19(7-3-4-14-10-18-20(2)11-14)16-12-21(13-17(16)22)15-5-8-23-9-6-15/h10-11,15-17,22H,3-9,12-13H2,1-2H3/t16-,17-/m1/s1. The molecule has 0 bridgehead atoms. The van der Waals surface area contributed by atoms with E-state index in [2.05, 4.69) is 28.1 Å². The van der Waals surface area contributed by atoms with Crippen LogP contribution in [0.15, 0.2) is 12.4 Å². The quantitative estimate of drug-likeness (QED) is 0.827. The van der Waals surface area contributed by atoms with Crippen molar-refractivity contribution in [3.05, 3.63) is 18.0 Å². The second-order valence-electron chi connectivity index (χ2n) is 7.04. The lowest BCUT2D eigenvalue weighted by Gasteiger charge is -2.31. The minimum atomic E-state index is -0.235. The molecule has 0 radical (unpaired) electrons. The van der Waals surface area contributed by atoms with Crippen molar-refractivity contribution in [2.24, 2.45) is 7.05 Å². The molecule has 2 aliphatic rings. The van der Waals surface area contributed by atoms with Crippen LogP contribution < -0.4 is 0 Å². The molecule has 2 aliphatic heterocycles. The Balaban J connectivity index is 1.44. The smallest absolute Gasteiger partial charge is 0.0834 e. The number of rotatable bonds is 6. The van der Waals surface area contributed by atoms with Gasteiger partial charge in [-0.2, -0.15) is 5.10 Å². The van der Waals surface area contributed by atoms with E-state index in [1.807, 2.05) is 17.9 Å². The lowest BCUT2D eigenvalue weighted by Crippen LogP contribution is -2.42. The van der Waals surface area contributed by atoms with Crippen LogP contribution in [0, 0.1) is 0 Å². The summed E-state index contributed by atoms with van der Waals surface area (Å²) in [4.78, 5) is 4.80. The number of hydrogen-bond acceptors (Lipinski definition) is 5. The number of likely N-dealkylation sites (N-methyl/N-ethyl adjacent to an activating group) is 1. The molecule has 0 aromatic carbocycles. The maximum Gasteiger partial charge on any atom is 0.0834 e. The second-order valence-corrected chi connectivity index (χ2v) is 7.04. The zero-order valence-electron chi connectivity index (χ0n) is 14.4. The van der Waals surface area contributed by atoms with Gasteiger partial charge in [0.25, 0.3) is 0 Å². The van der Waals surface area contributed by atoms with E-state index in [9.17, 15) is 5.11 Å². The summed E-state index contributed by atoms with van der Waals surface area (Å²) in [7, 11) is 4.10. The van der Waals surface area contributed by atoms with Crippen LogP contribution in [0.5, 0.6) is 0 Å². The third-order valence-electron chi connectivity index (χ3n) is 5.30. The van der Waals surface area contributed by atoms with Crippen LogP contribution in [0.4, 0.5) is 0 Å². The van der Waals surface area contributed by atoms with Gasteiger partial charge in [-0.1, -0.05) is 0 Å². The molecule has 0 aliphatic carbocycles. The molecule has 0 saturated carbocycles. The molecule has 3 rings (SSSR count). The molecule has 6 heteroatoms. The summed E-state index contributed by atoms with van der Waals surface area (Å²) >= 11 is 0. The maximum atomic E-state index is 10.5. The molecule has 1 N–H and O–H groups in total. The third-order valence-corrected chi connectivity index (χ3v) is 5.30. The zero-order chi connectivity index (χ0) is 16.2. The van der Waals surface area contributed by atoms with E-state index >= 15 is 0 Å². The van der Waals surface area contributed by atoms with Crippen LogP contribution in [-0.2, 0) is 18.2 Å². The predicted octanol–water partition coefficient (Wildman–Crippen LogP) is 0.509. The summed E-state index contributed by atoms with van der Waals surface area (Å²) in [5, 5.41) is 14.7. The van der Waals surface area contributed by atoms with E-state index in [0.29, 0.717) is 6.04 Å². The molecule has 0 unspecified atom stereocenters. The van der Waals surface area contributed by atoms with E-state index in [1.54, 1.807) is 0 Å². The Hall–Kier alpha value is -0.950. The number of likely N-dealkylation sites (tertiary alicyclic amines) is 1. The first-order chi connectivity index (χ1) is 11.1. The average molecular weight is 322 g/mol. The van der Waals surface area contributed by atoms with Crippen molar-refractivity contribution in [3.8, 4) is 0 Å². The Bertz CT molecular complexity index is 487. The number of aromatic nitrogens is 2. The second kappa shape index (κ2) is 7.75. The number of hydrogen-bond donors (Lipinski definition) is 1. The largest absolute Gasteiger partial charge is 0.390 e. The monoisotopic (exact) mass is 322 g/mol. The van der Waals surface area contributed by atoms with Crippen LogP contribution in [0.3, 0.4) is 0 Å². The highest BCUT2D eigenvalue weighted by atomic mass is 16.5. The third kappa shape index (κ3) is 4.32. The number of ether oxygens (including phenoxy) is 1. The van der Waals surface area contributed by atoms with Gasteiger partial charge in [-0.15, -0.1) is 0 Å². The molecule has 130 valence electrons. The molecule has 0 spiro atoms. The van der Waals surface area contributed by atoms with Gasteiger partial charge in [-0.25, -0.2) is 0 Å². The summed E-state index contributed by atoms with van der Waals surface area (Å²) in [6.07, 6.45) is 8.14. The van der Waals surface area contributed by atoms with E-state index in [0.717, 1.165) is 58.5 Å². The summed E-state index contributed by atoms with van der Waals surface area (Å²) in [6.45, 7) is 4.53. The Labute approximate surface area is 139 Å². The van der Waals surface area contributed by atoms with Crippen molar-refractivity contribution >= 4 is 0 Å². The molecule has 23 heavy (non-hydrogen) atoms. The van der Waals surface area contributed by atoms with Gasteiger partial charge in [0.1, 0.15) is 0 Å². The molecule has 2 fully saturated rings. The molecule has 1 aromatic rings. The Morgan fingerprint density at radius 1 is 1.35 bits per heavy atom. The van der Waals surface area contributed by atoms with Crippen molar-refractivity contribution in [1.82, 2.24) is 19.6 Å². The van der Waals surface area contributed by atoms with Crippen LogP contribution in [0.1, 0.15) is 24.8 Å². The molecule has 0 amide bonds. The van der Waals surface area contributed by atoms with Crippen LogP contribution in [0.25, 0.3) is 0 Å². The first-order valence-corrected chi connectivity index (χ1v) is 8.81. The van der Waals surface area contributed by atoms with Gasteiger partial charge in [0.2, 0.25) is 0 Å². The van der Waals surface area contributed by atoms with Crippen LogP contribution in [-0.4, -0.2) is 82.8 Å². The topological polar surface area (TPSA) is 53.8 Å². The number of nitrogens with zero attached hydrogens (tertiary/aromatic N) is 4. The van der Waals surface area contributed by atoms with E-state index < -0.39 is 0 Å². The highest BCUT2D eigenvalue weighted by Crippen LogP contribution is 2.23. The minimum absolute atomic E-state index is 0.235. The van der Waals surface area contributed by atoms with Crippen molar-refractivity contribution < 1.29 is 9.84 Å². The van der Waals surface area contributed by atoms with Gasteiger partial charge >= 0.3 is 0 Å². The summed E-state index contributed by atoms with van der Waals surface area (Å²) in [6, 6.07) is 0.846. The average Bonchev–Trinajstić information content (AvgIpc) is 3.14. The molecule has 3 heterocycles. The molecule has 1 aromatic heterocycles. The lowest BCUT2D eigenvalue weighted by molar-refractivity contribution is 0.0376. The number of aliphatic hydroxyl groups excluding tert-OH is 1. The molecular formula is C17H30N4O2. The fourth-order valence-electron chi connectivity index (χ4n) is 3.88. The number of aryl methyl sites for hydroxylation is 2. The molecule has 2 atom stereocenters. The van der Waals surface area contributed by atoms with Crippen LogP contribution in [0.2, 0.25) is 0 Å². The molecule has 2 saturated heterocycles. The Morgan fingerprint density at radius 3 is 2.83 bits per heavy atom. The highest BCUT2D eigenvalue weighted by molar-refractivity contribution is 5.03. The van der Waals surface area contributed by atoms with Crippen LogP contribution >= 0.6 is 0 Å². The minimum Gasteiger partial charge on any atom is -0.390 e. The number of β-amino-alcohol motifs (C(OH)–C–C–N with tert-alkyl or cyclic N) is 1. The first-order valence-electron chi connectivity index (χ1n) is 8.81.